The standard InChI is InChI=1S/C24H22ClN3O3.C2HF3O2/c1-14-4-9-17(10-18(14)23(29)30)31-24-26-21-11-19(20(25)12-22(21)27-24)16-7-5-15(6-8-16)13-28(2)3;3-2(4,5)1(6)7/h4-12H,13H2,1-3H3,(H,26,27)(H,29,30);(H,6,7). The summed E-state index contributed by atoms with van der Waals surface area (Å²) in [7, 11) is 4.07. The van der Waals surface area contributed by atoms with Crippen LogP contribution < -0.4 is 4.74 Å². The van der Waals surface area contributed by atoms with Crippen LogP contribution in [0.1, 0.15) is 21.5 Å². The Kier molecular flexibility index (Phi) is 8.64. The second kappa shape index (κ2) is 11.5. The van der Waals surface area contributed by atoms with Crippen molar-refractivity contribution in [3.05, 3.63) is 76.3 Å². The number of H-pyrrole nitrogens is 1. The summed E-state index contributed by atoms with van der Waals surface area (Å²) < 4.78 is 37.5. The summed E-state index contributed by atoms with van der Waals surface area (Å²) in [6.07, 6.45) is -5.08. The molecule has 8 nitrogen and oxygen atoms in total. The number of hydrogen-bond donors (Lipinski definition) is 3. The van der Waals surface area contributed by atoms with Crippen LogP contribution in [0.5, 0.6) is 11.8 Å². The van der Waals surface area contributed by atoms with E-state index in [-0.39, 0.29) is 11.6 Å². The van der Waals surface area contributed by atoms with Crippen molar-refractivity contribution in [1.82, 2.24) is 14.9 Å². The molecule has 4 aromatic rings. The Labute approximate surface area is 220 Å². The number of aromatic amines is 1. The van der Waals surface area contributed by atoms with Crippen LogP contribution in [0.15, 0.2) is 54.6 Å². The number of aliphatic carboxylic acids is 1. The molecule has 0 saturated heterocycles. The number of carboxylic acid groups (broad SMARTS) is 2. The van der Waals surface area contributed by atoms with Crippen LogP contribution in [0.4, 0.5) is 13.2 Å². The highest BCUT2D eigenvalue weighted by Gasteiger charge is 2.38. The van der Waals surface area contributed by atoms with Crippen molar-refractivity contribution in [2.45, 2.75) is 19.6 Å². The predicted octanol–water partition coefficient (Wildman–Crippen LogP) is 6.38. The van der Waals surface area contributed by atoms with Gasteiger partial charge < -0.3 is 24.8 Å². The van der Waals surface area contributed by atoms with Gasteiger partial charge in [0.25, 0.3) is 6.01 Å². The first kappa shape index (κ1) is 28.5. The molecule has 38 heavy (non-hydrogen) atoms. The van der Waals surface area contributed by atoms with Crippen LogP contribution in [0, 0.1) is 6.92 Å². The highest BCUT2D eigenvalue weighted by molar-refractivity contribution is 6.34. The average Bonchev–Trinajstić information content (AvgIpc) is 3.20. The number of aromatic nitrogens is 2. The molecule has 1 heterocycles. The van der Waals surface area contributed by atoms with Gasteiger partial charge in [0.2, 0.25) is 0 Å². The van der Waals surface area contributed by atoms with Gasteiger partial charge in [-0.3, -0.25) is 0 Å². The summed E-state index contributed by atoms with van der Waals surface area (Å²) in [6.45, 7) is 2.61. The molecular weight excluding hydrogens is 527 g/mol. The number of rotatable bonds is 6. The van der Waals surface area contributed by atoms with Crippen molar-refractivity contribution in [2.24, 2.45) is 0 Å². The molecule has 200 valence electrons. The molecule has 0 atom stereocenters. The van der Waals surface area contributed by atoms with E-state index >= 15 is 0 Å². The van der Waals surface area contributed by atoms with Gasteiger partial charge in [0, 0.05) is 12.1 Å². The second-order valence-electron chi connectivity index (χ2n) is 8.51. The van der Waals surface area contributed by atoms with E-state index in [1.54, 1.807) is 19.1 Å². The van der Waals surface area contributed by atoms with Gasteiger partial charge >= 0.3 is 18.1 Å². The van der Waals surface area contributed by atoms with Crippen LogP contribution >= 0.6 is 11.6 Å². The average molecular weight is 550 g/mol. The molecule has 0 spiro atoms. The van der Waals surface area contributed by atoms with Gasteiger partial charge in [0.1, 0.15) is 5.75 Å². The minimum Gasteiger partial charge on any atom is -0.478 e. The minimum atomic E-state index is -5.08. The van der Waals surface area contributed by atoms with E-state index in [4.69, 9.17) is 26.2 Å². The molecule has 1 aromatic heterocycles. The van der Waals surface area contributed by atoms with E-state index in [1.165, 1.54) is 11.6 Å². The maximum atomic E-state index is 11.4. The van der Waals surface area contributed by atoms with Crippen LogP contribution in [0.3, 0.4) is 0 Å². The fraction of sp³-hybridized carbons (Fsp3) is 0.192. The van der Waals surface area contributed by atoms with Gasteiger partial charge in [-0.25, -0.2) is 9.59 Å². The Morgan fingerprint density at radius 1 is 1.05 bits per heavy atom. The zero-order valence-corrected chi connectivity index (χ0v) is 21.2. The van der Waals surface area contributed by atoms with Crippen molar-refractivity contribution in [1.29, 1.82) is 0 Å². The summed E-state index contributed by atoms with van der Waals surface area (Å²) in [6, 6.07) is 17.2. The summed E-state index contributed by atoms with van der Waals surface area (Å²) in [5.41, 5.74) is 5.40. The van der Waals surface area contributed by atoms with E-state index in [0.717, 1.165) is 23.2 Å². The summed E-state index contributed by atoms with van der Waals surface area (Å²) in [4.78, 5) is 30.0. The van der Waals surface area contributed by atoms with Crippen LogP contribution in [0.25, 0.3) is 22.2 Å². The van der Waals surface area contributed by atoms with E-state index in [0.29, 0.717) is 21.9 Å². The maximum absolute atomic E-state index is 11.4. The molecule has 0 aliphatic heterocycles. The first-order chi connectivity index (χ1) is 17.7. The minimum absolute atomic E-state index is 0.191. The van der Waals surface area contributed by atoms with Crippen molar-refractivity contribution in [3.8, 4) is 22.9 Å². The number of imidazole rings is 1. The summed E-state index contributed by atoms with van der Waals surface area (Å²) in [5, 5.41) is 17.0. The van der Waals surface area contributed by atoms with Gasteiger partial charge in [-0.2, -0.15) is 18.2 Å². The first-order valence-electron chi connectivity index (χ1n) is 11.0. The Bertz CT molecular complexity index is 1470. The second-order valence-corrected chi connectivity index (χ2v) is 8.92. The normalized spacial score (nSPS) is 11.3. The zero-order chi connectivity index (χ0) is 28.2. The SMILES string of the molecule is Cc1ccc(Oc2nc3cc(-c4ccc(CN(C)C)cc4)c(Cl)cc3[nH]2)cc1C(=O)O.O=C(O)C(F)(F)F. The van der Waals surface area contributed by atoms with E-state index in [1.807, 2.05) is 26.2 Å². The van der Waals surface area contributed by atoms with Crippen molar-refractivity contribution < 1.29 is 37.7 Å². The largest absolute Gasteiger partial charge is 0.490 e. The van der Waals surface area contributed by atoms with E-state index in [9.17, 15) is 23.1 Å². The fourth-order valence-electron chi connectivity index (χ4n) is 3.44. The third-order valence-electron chi connectivity index (χ3n) is 5.21. The molecule has 0 unspecified atom stereocenters. The highest BCUT2D eigenvalue weighted by Crippen LogP contribution is 2.33. The molecule has 12 heteroatoms. The number of aromatic carboxylic acids is 1. The topological polar surface area (TPSA) is 116 Å². The van der Waals surface area contributed by atoms with Gasteiger partial charge in [-0.05, 0) is 62.0 Å². The van der Waals surface area contributed by atoms with Crippen molar-refractivity contribution in [3.63, 3.8) is 0 Å². The molecule has 3 aromatic carbocycles. The number of benzene rings is 3. The van der Waals surface area contributed by atoms with E-state index in [2.05, 4.69) is 39.1 Å². The van der Waals surface area contributed by atoms with Crippen molar-refractivity contribution >= 4 is 34.6 Å². The number of fused-ring (bicyclic) bond motifs is 1. The molecule has 0 fully saturated rings. The highest BCUT2D eigenvalue weighted by atomic mass is 35.5. The number of aryl methyl sites for hydroxylation is 1. The van der Waals surface area contributed by atoms with Crippen LogP contribution in [-0.4, -0.2) is 57.3 Å². The molecule has 0 saturated carbocycles. The maximum Gasteiger partial charge on any atom is 0.490 e. The van der Waals surface area contributed by atoms with Crippen LogP contribution in [0.2, 0.25) is 5.02 Å². The number of alkyl halides is 3. The summed E-state index contributed by atoms with van der Waals surface area (Å²) in [5.74, 6) is -3.36. The predicted molar refractivity (Wildman–Crippen MR) is 136 cm³/mol. The number of carboxylic acids is 2. The van der Waals surface area contributed by atoms with E-state index < -0.39 is 18.1 Å². The number of halogens is 4. The fourth-order valence-corrected chi connectivity index (χ4v) is 3.71. The van der Waals surface area contributed by atoms with Gasteiger partial charge in [0.15, 0.2) is 0 Å². The third kappa shape index (κ3) is 7.24. The smallest absolute Gasteiger partial charge is 0.478 e. The monoisotopic (exact) mass is 549 g/mol. The zero-order valence-electron chi connectivity index (χ0n) is 20.4. The summed E-state index contributed by atoms with van der Waals surface area (Å²) >= 11 is 6.54. The molecular formula is C26H23ClF3N3O5. The van der Waals surface area contributed by atoms with Gasteiger partial charge in [-0.1, -0.05) is 41.9 Å². The Morgan fingerprint density at radius 3 is 2.24 bits per heavy atom. The Balaban J connectivity index is 0.000000505. The first-order valence-corrected chi connectivity index (χ1v) is 11.4. The lowest BCUT2D eigenvalue weighted by Gasteiger charge is -2.10. The lowest BCUT2D eigenvalue weighted by atomic mass is 10.0. The molecule has 4 rings (SSSR count). The molecule has 0 amide bonds. The number of carbonyl (C=O) groups is 2. The molecule has 3 N–H and O–H groups in total. The number of hydrogen-bond acceptors (Lipinski definition) is 5. The third-order valence-corrected chi connectivity index (χ3v) is 5.52. The molecule has 0 bridgehead atoms. The Hall–Kier alpha value is -4.09. The number of nitrogens with zero attached hydrogens (tertiary/aromatic N) is 2. The van der Waals surface area contributed by atoms with Gasteiger partial charge in [0.05, 0.1) is 21.6 Å². The quantitative estimate of drug-likeness (QED) is 0.256. The molecule has 0 aliphatic carbocycles. The lowest BCUT2D eigenvalue weighted by molar-refractivity contribution is -0.192. The molecule has 0 aliphatic rings. The van der Waals surface area contributed by atoms with Crippen LogP contribution in [-0.2, 0) is 11.3 Å². The lowest BCUT2D eigenvalue weighted by Crippen LogP contribution is -2.21. The van der Waals surface area contributed by atoms with Gasteiger partial charge in [-0.15, -0.1) is 0 Å². The number of nitrogens with one attached hydrogen (secondary N) is 1. The molecule has 0 radical (unpaired) electrons. The Morgan fingerprint density at radius 2 is 1.68 bits per heavy atom. The number of ether oxygens (including phenoxy) is 1. The van der Waals surface area contributed by atoms with Crippen molar-refractivity contribution in [2.75, 3.05) is 14.1 Å².